The zero-order chi connectivity index (χ0) is 21.1. The van der Waals surface area contributed by atoms with Crippen LogP contribution in [0.5, 0.6) is 5.75 Å². The summed E-state index contributed by atoms with van der Waals surface area (Å²) in [6.07, 6.45) is 0.0301. The molecule has 0 saturated heterocycles. The van der Waals surface area contributed by atoms with Crippen LogP contribution in [0.25, 0.3) is 0 Å². The zero-order valence-electron chi connectivity index (χ0n) is 16.6. The molecule has 1 atom stereocenters. The van der Waals surface area contributed by atoms with Crippen LogP contribution >= 0.6 is 0 Å². The van der Waals surface area contributed by atoms with Gasteiger partial charge in [0.25, 0.3) is 0 Å². The average Bonchev–Trinajstić information content (AvgIpc) is 2.88. The molecular formula is C24H22N2O4. The van der Waals surface area contributed by atoms with Crippen LogP contribution < -0.4 is 15.4 Å². The molecule has 0 bridgehead atoms. The number of hydrogen-bond donors (Lipinski definition) is 1. The molecule has 3 aromatic carbocycles. The maximum Gasteiger partial charge on any atom is 0.323 e. The minimum atomic E-state index is -0.585. The monoisotopic (exact) mass is 402 g/mol. The van der Waals surface area contributed by atoms with E-state index in [1.54, 1.807) is 7.11 Å². The van der Waals surface area contributed by atoms with E-state index in [9.17, 15) is 9.59 Å². The molecule has 0 fully saturated rings. The van der Waals surface area contributed by atoms with Gasteiger partial charge in [0, 0.05) is 12.0 Å². The molecule has 1 aliphatic heterocycles. The summed E-state index contributed by atoms with van der Waals surface area (Å²) >= 11 is 0. The molecule has 152 valence electrons. The Bertz CT molecular complexity index is 1100. The molecule has 4 rings (SSSR count). The van der Waals surface area contributed by atoms with Gasteiger partial charge in [-0.25, -0.2) is 4.79 Å². The Morgan fingerprint density at radius 1 is 1.00 bits per heavy atom. The SMILES string of the molecule is COc1cccc(CC(=O)OC2Cc3ccccc3N(C(N)=O)c3ccccc32)c1. The van der Waals surface area contributed by atoms with Crippen molar-refractivity contribution in [3.63, 3.8) is 0 Å². The first kappa shape index (κ1) is 19.5. The number of primary amides is 1. The molecule has 1 unspecified atom stereocenters. The summed E-state index contributed by atoms with van der Waals surface area (Å²) in [6.45, 7) is 0. The number of amides is 2. The topological polar surface area (TPSA) is 81.9 Å². The predicted molar refractivity (Wildman–Crippen MR) is 114 cm³/mol. The van der Waals surface area contributed by atoms with Gasteiger partial charge in [-0.05, 0) is 35.4 Å². The van der Waals surface area contributed by atoms with E-state index < -0.39 is 12.1 Å². The Morgan fingerprint density at radius 3 is 2.50 bits per heavy atom. The minimum absolute atomic E-state index is 0.122. The number of carbonyl (C=O) groups excluding carboxylic acids is 2. The summed E-state index contributed by atoms with van der Waals surface area (Å²) in [5, 5.41) is 0. The van der Waals surface area contributed by atoms with Crippen molar-refractivity contribution in [3.8, 4) is 5.75 Å². The fourth-order valence-electron chi connectivity index (χ4n) is 3.80. The van der Waals surface area contributed by atoms with E-state index in [1.807, 2.05) is 72.8 Å². The van der Waals surface area contributed by atoms with Crippen molar-refractivity contribution in [2.75, 3.05) is 12.0 Å². The van der Waals surface area contributed by atoms with Gasteiger partial charge in [-0.3, -0.25) is 9.69 Å². The number of hydrogen-bond acceptors (Lipinski definition) is 4. The van der Waals surface area contributed by atoms with Gasteiger partial charge < -0.3 is 15.2 Å². The number of rotatable bonds is 4. The third-order valence-electron chi connectivity index (χ3n) is 5.14. The van der Waals surface area contributed by atoms with Crippen molar-refractivity contribution in [3.05, 3.63) is 89.5 Å². The lowest BCUT2D eigenvalue weighted by Crippen LogP contribution is -2.32. The van der Waals surface area contributed by atoms with Crippen molar-refractivity contribution in [1.29, 1.82) is 0 Å². The van der Waals surface area contributed by atoms with Crippen molar-refractivity contribution in [2.45, 2.75) is 18.9 Å². The molecule has 1 aliphatic rings. The van der Waals surface area contributed by atoms with E-state index in [0.29, 0.717) is 23.5 Å². The number of carbonyl (C=O) groups is 2. The van der Waals surface area contributed by atoms with E-state index in [4.69, 9.17) is 15.2 Å². The molecule has 1 heterocycles. The van der Waals surface area contributed by atoms with Crippen LogP contribution in [-0.4, -0.2) is 19.1 Å². The number of nitrogens with zero attached hydrogens (tertiary/aromatic N) is 1. The highest BCUT2D eigenvalue weighted by Crippen LogP contribution is 2.41. The predicted octanol–water partition coefficient (Wildman–Crippen LogP) is 4.30. The number of methoxy groups -OCH3 is 1. The van der Waals surface area contributed by atoms with Crippen LogP contribution in [0.3, 0.4) is 0 Å². The average molecular weight is 402 g/mol. The first-order chi connectivity index (χ1) is 14.6. The fourth-order valence-corrected chi connectivity index (χ4v) is 3.80. The van der Waals surface area contributed by atoms with Gasteiger partial charge in [0.2, 0.25) is 0 Å². The Balaban J connectivity index is 1.66. The van der Waals surface area contributed by atoms with Crippen molar-refractivity contribution < 1.29 is 19.1 Å². The second kappa shape index (κ2) is 8.29. The Hall–Kier alpha value is -3.80. The molecule has 30 heavy (non-hydrogen) atoms. The van der Waals surface area contributed by atoms with Gasteiger partial charge in [0.1, 0.15) is 11.9 Å². The van der Waals surface area contributed by atoms with E-state index in [1.165, 1.54) is 4.90 Å². The summed E-state index contributed by atoms with van der Waals surface area (Å²) in [5.41, 5.74) is 9.46. The standard InChI is InChI=1S/C24H22N2O4/c1-29-18-9-6-7-16(13-18)14-23(27)30-22-15-17-8-2-4-11-20(17)26(24(25)28)21-12-5-3-10-19(21)22/h2-13,22H,14-15H2,1H3,(H2,25,28). The van der Waals surface area contributed by atoms with Gasteiger partial charge >= 0.3 is 12.0 Å². The van der Waals surface area contributed by atoms with Crippen LogP contribution in [0.15, 0.2) is 72.8 Å². The van der Waals surface area contributed by atoms with Crippen LogP contribution in [0.4, 0.5) is 16.2 Å². The molecule has 2 amide bonds. The quantitative estimate of drug-likeness (QED) is 0.660. The normalized spacial score (nSPS) is 14.8. The first-order valence-electron chi connectivity index (χ1n) is 9.65. The Kier molecular flexibility index (Phi) is 5.39. The lowest BCUT2D eigenvalue weighted by atomic mass is 10.0. The zero-order valence-corrected chi connectivity index (χ0v) is 16.6. The van der Waals surface area contributed by atoms with Gasteiger partial charge in [0.15, 0.2) is 0 Å². The maximum atomic E-state index is 12.8. The fraction of sp³-hybridized carbons (Fsp3) is 0.167. The highest BCUT2D eigenvalue weighted by Gasteiger charge is 2.31. The molecule has 2 N–H and O–H groups in total. The minimum Gasteiger partial charge on any atom is -0.497 e. The number of para-hydroxylation sites is 2. The number of benzene rings is 3. The van der Waals surface area contributed by atoms with Gasteiger partial charge in [-0.2, -0.15) is 0 Å². The number of anilines is 2. The second-order valence-electron chi connectivity index (χ2n) is 7.07. The molecule has 6 nitrogen and oxygen atoms in total. The van der Waals surface area contributed by atoms with Gasteiger partial charge in [-0.1, -0.05) is 48.5 Å². The van der Waals surface area contributed by atoms with E-state index in [0.717, 1.165) is 16.7 Å². The molecule has 3 aromatic rings. The molecule has 0 aliphatic carbocycles. The lowest BCUT2D eigenvalue weighted by molar-refractivity contribution is -0.148. The smallest absolute Gasteiger partial charge is 0.323 e. The summed E-state index contributed by atoms with van der Waals surface area (Å²) in [7, 11) is 1.59. The number of esters is 1. The molecular weight excluding hydrogens is 380 g/mol. The highest BCUT2D eigenvalue weighted by atomic mass is 16.5. The molecule has 0 aromatic heterocycles. The van der Waals surface area contributed by atoms with Crippen LogP contribution in [0.2, 0.25) is 0 Å². The molecule has 0 saturated carbocycles. The van der Waals surface area contributed by atoms with Crippen molar-refractivity contribution in [1.82, 2.24) is 0 Å². The third kappa shape index (κ3) is 3.85. The van der Waals surface area contributed by atoms with E-state index >= 15 is 0 Å². The summed E-state index contributed by atoms with van der Waals surface area (Å²) in [5.74, 6) is 0.333. The lowest BCUT2D eigenvalue weighted by Gasteiger charge is -2.23. The second-order valence-corrected chi connectivity index (χ2v) is 7.07. The van der Waals surface area contributed by atoms with Crippen molar-refractivity contribution in [2.24, 2.45) is 5.73 Å². The van der Waals surface area contributed by atoms with Crippen LogP contribution in [-0.2, 0) is 22.4 Å². The summed E-state index contributed by atoms with van der Waals surface area (Å²) in [4.78, 5) is 26.5. The summed E-state index contributed by atoms with van der Waals surface area (Å²) < 4.78 is 11.1. The van der Waals surface area contributed by atoms with Crippen LogP contribution in [0, 0.1) is 0 Å². The Morgan fingerprint density at radius 2 is 1.73 bits per heavy atom. The van der Waals surface area contributed by atoms with E-state index in [-0.39, 0.29) is 12.4 Å². The van der Waals surface area contributed by atoms with Gasteiger partial charge in [-0.15, -0.1) is 0 Å². The summed E-state index contributed by atoms with van der Waals surface area (Å²) in [6, 6.07) is 21.6. The van der Waals surface area contributed by atoms with E-state index in [2.05, 4.69) is 0 Å². The molecule has 0 spiro atoms. The number of ether oxygens (including phenoxy) is 2. The van der Waals surface area contributed by atoms with Crippen molar-refractivity contribution >= 4 is 23.4 Å². The number of fused-ring (bicyclic) bond motifs is 2. The third-order valence-corrected chi connectivity index (χ3v) is 5.14. The highest BCUT2D eigenvalue weighted by molar-refractivity contribution is 6.00. The molecule has 6 heteroatoms. The maximum absolute atomic E-state index is 12.8. The number of urea groups is 1. The molecule has 0 radical (unpaired) electrons. The first-order valence-corrected chi connectivity index (χ1v) is 9.65. The largest absolute Gasteiger partial charge is 0.497 e. The van der Waals surface area contributed by atoms with Gasteiger partial charge in [0.05, 0.1) is 24.9 Å². The van der Waals surface area contributed by atoms with Crippen LogP contribution in [0.1, 0.15) is 22.8 Å². The number of nitrogens with two attached hydrogens (primary N) is 1. The Labute approximate surface area is 174 Å².